The number of ether oxygens (including phenoxy) is 1. The molecule has 1 fully saturated rings. The molecule has 0 spiro atoms. The van der Waals surface area contributed by atoms with Crippen LogP contribution >= 0.6 is 34.5 Å². The highest BCUT2D eigenvalue weighted by molar-refractivity contribution is 7.17. The summed E-state index contributed by atoms with van der Waals surface area (Å²) in [6.07, 6.45) is 2.86. The number of aryl methyl sites for hydroxylation is 1. The summed E-state index contributed by atoms with van der Waals surface area (Å²) in [7, 11) is 1.38. The Morgan fingerprint density at radius 3 is 2.60 bits per heavy atom. The average molecular weight is 468 g/mol. The Hall–Kier alpha value is -1.80. The van der Waals surface area contributed by atoms with Crippen LogP contribution < -0.4 is 10.2 Å². The standard InChI is InChI=1S/C21H23Cl2N3O3S/c1-29-21(28)19-14-3-2-4-17(14)30-20(19)24-18(27)12-25-7-9-26(10-8-25)13-5-6-15(22)16(23)11-13/h5-6,11H,2-4,7-10,12H2,1H3,(H,24,27). The predicted octanol–water partition coefficient (Wildman–Crippen LogP) is 4.09. The third-order valence-electron chi connectivity index (χ3n) is 5.57. The molecule has 0 radical (unpaired) electrons. The smallest absolute Gasteiger partial charge is 0.341 e. The molecule has 1 N–H and O–H groups in total. The number of rotatable bonds is 5. The number of carbonyl (C=O) groups is 2. The minimum absolute atomic E-state index is 0.108. The van der Waals surface area contributed by atoms with Gasteiger partial charge in [0, 0.05) is 36.7 Å². The zero-order chi connectivity index (χ0) is 21.3. The quantitative estimate of drug-likeness (QED) is 0.670. The molecule has 0 bridgehead atoms. The van der Waals surface area contributed by atoms with Crippen molar-refractivity contribution in [2.24, 2.45) is 0 Å². The molecule has 0 unspecified atom stereocenters. The van der Waals surface area contributed by atoms with Crippen molar-refractivity contribution in [3.05, 3.63) is 44.2 Å². The minimum Gasteiger partial charge on any atom is -0.465 e. The normalized spacial score (nSPS) is 16.4. The number of hydrogen-bond donors (Lipinski definition) is 1. The summed E-state index contributed by atoms with van der Waals surface area (Å²) >= 11 is 13.6. The Morgan fingerprint density at radius 2 is 1.90 bits per heavy atom. The van der Waals surface area contributed by atoms with Crippen LogP contribution in [0.2, 0.25) is 10.0 Å². The van der Waals surface area contributed by atoms with Crippen LogP contribution in [-0.2, 0) is 22.4 Å². The second-order valence-electron chi connectivity index (χ2n) is 7.46. The molecule has 9 heteroatoms. The predicted molar refractivity (Wildman–Crippen MR) is 121 cm³/mol. The van der Waals surface area contributed by atoms with E-state index in [1.54, 1.807) is 6.07 Å². The van der Waals surface area contributed by atoms with Gasteiger partial charge in [0.05, 0.1) is 29.3 Å². The van der Waals surface area contributed by atoms with Crippen LogP contribution in [0.25, 0.3) is 0 Å². The highest BCUT2D eigenvalue weighted by Crippen LogP contribution is 2.39. The van der Waals surface area contributed by atoms with Gasteiger partial charge in [-0.1, -0.05) is 23.2 Å². The van der Waals surface area contributed by atoms with Crippen molar-refractivity contribution in [3.8, 4) is 0 Å². The topological polar surface area (TPSA) is 61.9 Å². The fraction of sp³-hybridized carbons (Fsp3) is 0.429. The summed E-state index contributed by atoms with van der Waals surface area (Å²) in [4.78, 5) is 30.4. The molecule has 2 heterocycles. The van der Waals surface area contributed by atoms with Gasteiger partial charge in [-0.3, -0.25) is 9.69 Å². The molecule has 1 saturated heterocycles. The second-order valence-corrected chi connectivity index (χ2v) is 9.38. The molecule has 1 aromatic heterocycles. The molecule has 1 aromatic carbocycles. The average Bonchev–Trinajstić information content (AvgIpc) is 3.31. The fourth-order valence-electron chi connectivity index (χ4n) is 4.03. The van der Waals surface area contributed by atoms with Crippen LogP contribution in [0.15, 0.2) is 18.2 Å². The van der Waals surface area contributed by atoms with Crippen molar-refractivity contribution in [2.75, 3.05) is 50.1 Å². The number of hydrogen-bond acceptors (Lipinski definition) is 6. The Labute approximate surface area is 189 Å². The summed E-state index contributed by atoms with van der Waals surface area (Å²) in [6.45, 7) is 3.41. The van der Waals surface area contributed by atoms with Crippen molar-refractivity contribution in [1.82, 2.24) is 4.90 Å². The van der Waals surface area contributed by atoms with Crippen LogP contribution in [0, 0.1) is 0 Å². The monoisotopic (exact) mass is 467 g/mol. The van der Waals surface area contributed by atoms with E-state index < -0.39 is 0 Å². The van der Waals surface area contributed by atoms with Crippen LogP contribution in [-0.4, -0.2) is 56.6 Å². The zero-order valence-electron chi connectivity index (χ0n) is 16.7. The van der Waals surface area contributed by atoms with Crippen molar-refractivity contribution >= 4 is 57.1 Å². The van der Waals surface area contributed by atoms with E-state index >= 15 is 0 Å². The van der Waals surface area contributed by atoms with Crippen molar-refractivity contribution in [1.29, 1.82) is 0 Å². The highest BCUT2D eigenvalue weighted by Gasteiger charge is 2.28. The van der Waals surface area contributed by atoms with Gasteiger partial charge in [0.1, 0.15) is 5.00 Å². The molecule has 2 aromatic rings. The van der Waals surface area contributed by atoms with Gasteiger partial charge in [0.15, 0.2) is 0 Å². The van der Waals surface area contributed by atoms with Gasteiger partial charge < -0.3 is 15.0 Å². The van der Waals surface area contributed by atoms with E-state index in [9.17, 15) is 9.59 Å². The Morgan fingerprint density at radius 1 is 1.13 bits per heavy atom. The van der Waals surface area contributed by atoms with Gasteiger partial charge in [0.25, 0.3) is 0 Å². The Balaban J connectivity index is 1.35. The van der Waals surface area contributed by atoms with Gasteiger partial charge >= 0.3 is 5.97 Å². The molecular formula is C21H23Cl2N3O3S. The van der Waals surface area contributed by atoms with E-state index in [1.165, 1.54) is 23.3 Å². The van der Waals surface area contributed by atoms with Gasteiger partial charge in [-0.2, -0.15) is 0 Å². The summed E-state index contributed by atoms with van der Waals surface area (Å²) in [6, 6.07) is 5.63. The lowest BCUT2D eigenvalue weighted by molar-refractivity contribution is -0.117. The first kappa shape index (κ1) is 21.4. The summed E-state index contributed by atoms with van der Waals surface area (Å²) < 4.78 is 4.94. The first-order valence-electron chi connectivity index (χ1n) is 9.91. The molecule has 0 atom stereocenters. The van der Waals surface area contributed by atoms with E-state index in [-0.39, 0.29) is 11.9 Å². The highest BCUT2D eigenvalue weighted by atomic mass is 35.5. The lowest BCUT2D eigenvalue weighted by Gasteiger charge is -2.35. The molecule has 2 aliphatic rings. The third kappa shape index (κ3) is 4.44. The molecular weight excluding hydrogens is 445 g/mol. The Bertz CT molecular complexity index is 971. The van der Waals surface area contributed by atoms with Crippen LogP contribution in [0.1, 0.15) is 27.2 Å². The van der Waals surface area contributed by atoms with E-state index in [0.717, 1.165) is 56.7 Å². The number of thiophene rings is 1. The van der Waals surface area contributed by atoms with Gasteiger partial charge in [-0.15, -0.1) is 11.3 Å². The largest absolute Gasteiger partial charge is 0.465 e. The van der Waals surface area contributed by atoms with Crippen molar-refractivity contribution in [2.45, 2.75) is 19.3 Å². The van der Waals surface area contributed by atoms with Gasteiger partial charge in [-0.25, -0.2) is 4.79 Å². The summed E-state index contributed by atoms with van der Waals surface area (Å²) in [5, 5.41) is 4.65. The Kier molecular flexibility index (Phi) is 6.53. The molecule has 30 heavy (non-hydrogen) atoms. The minimum atomic E-state index is -0.375. The van der Waals surface area contributed by atoms with E-state index in [0.29, 0.717) is 27.2 Å². The first-order valence-corrected chi connectivity index (χ1v) is 11.5. The van der Waals surface area contributed by atoms with Gasteiger partial charge in [-0.05, 0) is 43.0 Å². The zero-order valence-corrected chi connectivity index (χ0v) is 19.0. The maximum atomic E-state index is 12.7. The van der Waals surface area contributed by atoms with Gasteiger partial charge in [0.2, 0.25) is 5.91 Å². The van der Waals surface area contributed by atoms with Crippen LogP contribution in [0.3, 0.4) is 0 Å². The fourth-order valence-corrected chi connectivity index (χ4v) is 5.61. The van der Waals surface area contributed by atoms with Crippen molar-refractivity contribution < 1.29 is 14.3 Å². The van der Waals surface area contributed by atoms with Crippen LogP contribution in [0.5, 0.6) is 0 Å². The molecule has 160 valence electrons. The number of nitrogens with zero attached hydrogens (tertiary/aromatic N) is 2. The molecule has 1 aliphatic carbocycles. The number of esters is 1. The first-order chi connectivity index (χ1) is 14.5. The number of amides is 1. The number of fused-ring (bicyclic) bond motifs is 1. The number of piperazine rings is 1. The van der Waals surface area contributed by atoms with E-state index in [1.807, 2.05) is 12.1 Å². The lowest BCUT2D eigenvalue weighted by atomic mass is 10.1. The number of anilines is 2. The molecule has 1 aliphatic heterocycles. The second kappa shape index (κ2) is 9.14. The number of carbonyl (C=O) groups excluding carboxylic acids is 2. The SMILES string of the molecule is COC(=O)c1c(NC(=O)CN2CCN(c3ccc(Cl)c(Cl)c3)CC2)sc2c1CCC2. The summed E-state index contributed by atoms with van der Waals surface area (Å²) in [5.74, 6) is -0.483. The third-order valence-corrected chi connectivity index (χ3v) is 7.52. The molecule has 1 amide bonds. The lowest BCUT2D eigenvalue weighted by Crippen LogP contribution is -2.48. The molecule has 0 saturated carbocycles. The molecule has 6 nitrogen and oxygen atoms in total. The summed E-state index contributed by atoms with van der Waals surface area (Å²) in [5.41, 5.74) is 2.61. The maximum Gasteiger partial charge on any atom is 0.341 e. The van der Waals surface area contributed by atoms with Crippen LogP contribution in [0.4, 0.5) is 10.7 Å². The number of halogens is 2. The number of methoxy groups -OCH3 is 1. The number of nitrogens with one attached hydrogen (secondary N) is 1. The van der Waals surface area contributed by atoms with Crippen molar-refractivity contribution in [3.63, 3.8) is 0 Å². The molecule has 4 rings (SSSR count). The van der Waals surface area contributed by atoms with E-state index in [2.05, 4.69) is 15.1 Å². The maximum absolute atomic E-state index is 12.7. The number of benzene rings is 1. The van der Waals surface area contributed by atoms with E-state index in [4.69, 9.17) is 27.9 Å².